The van der Waals surface area contributed by atoms with E-state index in [1.807, 2.05) is 49.0 Å². The molecule has 0 aromatic heterocycles. The molecule has 0 bridgehead atoms. The molecule has 1 fully saturated rings. The largest absolute Gasteiger partial charge is 0.466 e. The average molecular weight is 480 g/mol. The van der Waals surface area contributed by atoms with Crippen LogP contribution < -0.4 is 4.90 Å². The fourth-order valence-corrected chi connectivity index (χ4v) is 5.61. The third kappa shape index (κ3) is 5.63. The summed E-state index contributed by atoms with van der Waals surface area (Å²) in [4.78, 5) is 28.9. The molecular weight excluding hydrogens is 446 g/mol. The number of thioether (sulfide) groups is 1. The highest BCUT2D eigenvalue weighted by atomic mass is 32.2. The van der Waals surface area contributed by atoms with E-state index < -0.39 is 0 Å². The van der Waals surface area contributed by atoms with Gasteiger partial charge in [-0.15, -0.1) is 0 Å². The van der Waals surface area contributed by atoms with Gasteiger partial charge in [0.05, 0.1) is 6.61 Å². The number of fused-ring (bicyclic) bond motifs is 1. The molecule has 1 atom stereocenters. The van der Waals surface area contributed by atoms with E-state index in [0.717, 1.165) is 55.1 Å². The van der Waals surface area contributed by atoms with Gasteiger partial charge in [-0.1, -0.05) is 18.2 Å². The van der Waals surface area contributed by atoms with Gasteiger partial charge in [-0.25, -0.2) is 0 Å². The molecule has 1 heterocycles. The summed E-state index contributed by atoms with van der Waals surface area (Å²) < 4.78 is 5.12. The van der Waals surface area contributed by atoms with Gasteiger partial charge in [-0.05, 0) is 67.5 Å². The van der Waals surface area contributed by atoms with E-state index in [2.05, 4.69) is 17.0 Å². The third-order valence-electron chi connectivity index (χ3n) is 6.71. The van der Waals surface area contributed by atoms with Crippen LogP contribution in [-0.2, 0) is 22.4 Å². The molecule has 2 aromatic carbocycles. The Labute approximate surface area is 206 Å². The van der Waals surface area contributed by atoms with Gasteiger partial charge in [-0.3, -0.25) is 15.0 Å². The maximum absolute atomic E-state index is 13.2. The van der Waals surface area contributed by atoms with E-state index in [1.165, 1.54) is 11.1 Å². The first kappa shape index (κ1) is 24.3. The standard InChI is InChI=1S/C27H33N3O3S/c1-3-33-25(31)17-19-4-5-20-10-11-24(18-23(20)16-19)29(2)27(32)22-8-6-21(7-9-22)26(28)30-12-14-34-15-13-30/h6-11,18-19,28H,3-5,12-17H2,1-2H3. The Bertz CT molecular complexity index is 1050. The number of aryl methyl sites for hydroxylation is 1. The number of nitrogens with zero attached hydrogens (tertiary/aromatic N) is 2. The molecule has 1 amide bonds. The topological polar surface area (TPSA) is 73.7 Å². The Hall–Kier alpha value is -2.80. The van der Waals surface area contributed by atoms with Crippen LogP contribution in [0.3, 0.4) is 0 Å². The second-order valence-corrected chi connectivity index (χ2v) is 10.2. The Morgan fingerprint density at radius 1 is 1.09 bits per heavy atom. The van der Waals surface area contributed by atoms with Crippen LogP contribution in [0.1, 0.15) is 46.8 Å². The highest BCUT2D eigenvalue weighted by Crippen LogP contribution is 2.31. The third-order valence-corrected chi connectivity index (χ3v) is 7.65. The minimum Gasteiger partial charge on any atom is -0.466 e. The lowest BCUT2D eigenvalue weighted by Gasteiger charge is -2.28. The lowest BCUT2D eigenvalue weighted by molar-refractivity contribution is -0.144. The molecule has 1 N–H and O–H groups in total. The van der Waals surface area contributed by atoms with Gasteiger partial charge in [0.25, 0.3) is 5.91 Å². The Kier molecular flexibility index (Phi) is 7.93. The smallest absolute Gasteiger partial charge is 0.306 e. The van der Waals surface area contributed by atoms with Gasteiger partial charge >= 0.3 is 5.97 Å². The summed E-state index contributed by atoms with van der Waals surface area (Å²) in [5.74, 6) is 2.70. The number of ether oxygens (including phenoxy) is 1. The first-order chi connectivity index (χ1) is 16.5. The second kappa shape index (κ2) is 11.1. The lowest BCUT2D eigenvalue weighted by atomic mass is 9.82. The van der Waals surface area contributed by atoms with Crippen molar-refractivity contribution < 1.29 is 14.3 Å². The van der Waals surface area contributed by atoms with Crippen molar-refractivity contribution >= 4 is 35.2 Å². The number of carbonyl (C=O) groups is 2. The number of carbonyl (C=O) groups excluding carboxylic acids is 2. The van der Waals surface area contributed by atoms with E-state index in [-0.39, 0.29) is 17.8 Å². The number of amidine groups is 1. The predicted octanol–water partition coefficient (Wildman–Crippen LogP) is 4.40. The Morgan fingerprint density at radius 3 is 2.50 bits per heavy atom. The fraction of sp³-hybridized carbons (Fsp3) is 0.444. The summed E-state index contributed by atoms with van der Waals surface area (Å²) in [5.41, 5.74) is 4.80. The van der Waals surface area contributed by atoms with Crippen molar-refractivity contribution in [1.29, 1.82) is 5.41 Å². The Morgan fingerprint density at radius 2 is 1.79 bits per heavy atom. The Balaban J connectivity index is 1.42. The first-order valence-electron chi connectivity index (χ1n) is 12.0. The minimum absolute atomic E-state index is 0.0775. The van der Waals surface area contributed by atoms with Crippen LogP contribution in [0, 0.1) is 11.3 Å². The molecule has 2 aromatic rings. The molecular formula is C27H33N3O3S. The molecule has 1 unspecified atom stereocenters. The van der Waals surface area contributed by atoms with Crippen LogP contribution >= 0.6 is 11.8 Å². The summed E-state index contributed by atoms with van der Waals surface area (Å²) in [5, 5.41) is 8.48. The molecule has 2 aliphatic rings. The van der Waals surface area contributed by atoms with Crippen LogP contribution in [0.25, 0.3) is 0 Å². The van der Waals surface area contributed by atoms with Crippen molar-refractivity contribution in [2.75, 3.05) is 43.1 Å². The summed E-state index contributed by atoms with van der Waals surface area (Å²) in [7, 11) is 1.80. The molecule has 1 saturated heterocycles. The first-order valence-corrected chi connectivity index (χ1v) is 13.2. The molecule has 0 spiro atoms. The average Bonchev–Trinajstić information content (AvgIpc) is 2.87. The van der Waals surface area contributed by atoms with Crippen molar-refractivity contribution in [2.45, 2.75) is 32.6 Å². The highest BCUT2D eigenvalue weighted by molar-refractivity contribution is 7.99. The molecule has 180 valence electrons. The SMILES string of the molecule is CCOC(=O)CC1CCc2ccc(N(C)C(=O)c3ccc(C(=N)N4CCSCC4)cc3)cc2C1. The number of anilines is 1. The number of benzene rings is 2. The van der Waals surface area contributed by atoms with Crippen molar-refractivity contribution in [3.63, 3.8) is 0 Å². The van der Waals surface area contributed by atoms with E-state index in [9.17, 15) is 9.59 Å². The zero-order valence-electron chi connectivity index (χ0n) is 20.0. The van der Waals surface area contributed by atoms with Crippen LogP contribution in [0.5, 0.6) is 0 Å². The van der Waals surface area contributed by atoms with E-state index in [1.54, 1.807) is 11.9 Å². The minimum atomic E-state index is -0.130. The van der Waals surface area contributed by atoms with Crippen molar-refractivity contribution in [1.82, 2.24) is 4.90 Å². The van der Waals surface area contributed by atoms with Gasteiger partial charge in [0.15, 0.2) is 0 Å². The van der Waals surface area contributed by atoms with E-state index >= 15 is 0 Å². The van der Waals surface area contributed by atoms with Gasteiger partial charge < -0.3 is 14.5 Å². The maximum atomic E-state index is 13.2. The normalized spacial score (nSPS) is 17.6. The van der Waals surface area contributed by atoms with Gasteiger partial charge in [-0.2, -0.15) is 11.8 Å². The summed E-state index contributed by atoms with van der Waals surface area (Å²) >= 11 is 1.92. The maximum Gasteiger partial charge on any atom is 0.306 e. The molecule has 4 rings (SSSR count). The molecule has 1 aliphatic carbocycles. The number of amides is 1. The zero-order valence-corrected chi connectivity index (χ0v) is 20.8. The number of hydrogen-bond acceptors (Lipinski definition) is 5. The second-order valence-electron chi connectivity index (χ2n) is 8.96. The fourth-order valence-electron chi connectivity index (χ4n) is 4.71. The number of nitrogens with one attached hydrogen (secondary N) is 1. The summed E-state index contributed by atoms with van der Waals surface area (Å²) in [6.45, 7) is 4.04. The number of hydrogen-bond donors (Lipinski definition) is 1. The van der Waals surface area contributed by atoms with E-state index in [0.29, 0.717) is 24.4 Å². The number of rotatable bonds is 6. The zero-order chi connectivity index (χ0) is 24.1. The molecule has 1 aliphatic heterocycles. The summed E-state index contributed by atoms with van der Waals surface area (Å²) in [6.07, 6.45) is 3.21. The lowest BCUT2D eigenvalue weighted by Crippen LogP contribution is -2.37. The quantitative estimate of drug-likeness (QED) is 0.378. The van der Waals surface area contributed by atoms with Gasteiger partial charge in [0.1, 0.15) is 5.84 Å². The van der Waals surface area contributed by atoms with Crippen LogP contribution in [-0.4, -0.2) is 60.9 Å². The molecule has 0 saturated carbocycles. The monoisotopic (exact) mass is 479 g/mol. The van der Waals surface area contributed by atoms with E-state index in [4.69, 9.17) is 10.1 Å². The molecule has 34 heavy (non-hydrogen) atoms. The van der Waals surface area contributed by atoms with Crippen LogP contribution in [0.4, 0.5) is 5.69 Å². The highest BCUT2D eigenvalue weighted by Gasteiger charge is 2.23. The molecule has 7 heteroatoms. The summed E-state index contributed by atoms with van der Waals surface area (Å²) in [6, 6.07) is 13.6. The molecule has 6 nitrogen and oxygen atoms in total. The van der Waals surface area contributed by atoms with Crippen molar-refractivity contribution in [3.8, 4) is 0 Å². The van der Waals surface area contributed by atoms with Crippen LogP contribution in [0.2, 0.25) is 0 Å². The van der Waals surface area contributed by atoms with Crippen molar-refractivity contribution in [2.24, 2.45) is 5.92 Å². The number of esters is 1. The molecule has 0 radical (unpaired) electrons. The van der Waals surface area contributed by atoms with Gasteiger partial charge in [0.2, 0.25) is 0 Å². The van der Waals surface area contributed by atoms with Crippen LogP contribution in [0.15, 0.2) is 42.5 Å². The van der Waals surface area contributed by atoms with Crippen molar-refractivity contribution in [3.05, 3.63) is 64.7 Å². The van der Waals surface area contributed by atoms with Gasteiger partial charge in [0, 0.05) is 54.9 Å². The predicted molar refractivity (Wildman–Crippen MR) is 138 cm³/mol.